The van der Waals surface area contributed by atoms with Crippen LogP contribution >= 0.6 is 0 Å². The van der Waals surface area contributed by atoms with E-state index in [9.17, 15) is 14.4 Å². The molecule has 0 fully saturated rings. The van der Waals surface area contributed by atoms with Gasteiger partial charge in [-0.3, -0.25) is 14.4 Å². The van der Waals surface area contributed by atoms with E-state index in [1.54, 1.807) is 0 Å². The van der Waals surface area contributed by atoms with Gasteiger partial charge >= 0.3 is 0 Å². The lowest BCUT2D eigenvalue weighted by Gasteiger charge is -2.07. The largest absolute Gasteiger partial charge is 0.347 e. The van der Waals surface area contributed by atoms with Crippen molar-refractivity contribution in [2.24, 2.45) is 5.73 Å². The Morgan fingerprint density at radius 2 is 1.83 bits per heavy atom. The molecule has 0 aromatic carbocycles. The zero-order valence-electron chi connectivity index (χ0n) is 7.09. The Kier molecular flexibility index (Phi) is 4.14. The maximum Gasteiger partial charge on any atom is 0.287 e. The van der Waals surface area contributed by atoms with E-state index in [1.165, 1.54) is 6.92 Å². The van der Waals surface area contributed by atoms with Gasteiger partial charge in [-0.05, 0) is 6.92 Å². The van der Waals surface area contributed by atoms with Crippen LogP contribution in [0.3, 0.4) is 0 Å². The average Bonchev–Trinajstić information content (AvgIpc) is 1.98. The number of Topliss-reactive ketones (excluding diaryl/α,β-unsaturated/α-hetero) is 2. The van der Waals surface area contributed by atoms with Crippen LogP contribution in [0.5, 0.6) is 0 Å². The molecule has 0 saturated heterocycles. The molecule has 3 N–H and O–H groups in total. The summed E-state index contributed by atoms with van der Waals surface area (Å²) in [5.74, 6) is -1.53. The summed E-state index contributed by atoms with van der Waals surface area (Å²) in [6.45, 7) is 2.48. The summed E-state index contributed by atoms with van der Waals surface area (Å²) in [7, 11) is 0. The minimum Gasteiger partial charge on any atom is -0.347 e. The van der Waals surface area contributed by atoms with Gasteiger partial charge in [-0.25, -0.2) is 0 Å². The van der Waals surface area contributed by atoms with Gasteiger partial charge in [0.15, 0.2) is 0 Å². The number of ketones is 2. The lowest BCUT2D eigenvalue weighted by atomic mass is 10.2. The first-order valence-corrected chi connectivity index (χ1v) is 3.50. The highest BCUT2D eigenvalue weighted by atomic mass is 16.2. The van der Waals surface area contributed by atoms with Crippen molar-refractivity contribution in [1.82, 2.24) is 5.32 Å². The molecule has 0 heterocycles. The first-order chi connectivity index (χ1) is 5.45. The Hall–Kier alpha value is -1.23. The van der Waals surface area contributed by atoms with E-state index in [0.717, 1.165) is 6.92 Å². The lowest BCUT2D eigenvalue weighted by Crippen LogP contribution is -2.43. The highest BCUT2D eigenvalue weighted by Gasteiger charge is 2.11. The normalized spacial score (nSPS) is 11.9. The van der Waals surface area contributed by atoms with Gasteiger partial charge in [0.2, 0.25) is 5.78 Å². The zero-order valence-corrected chi connectivity index (χ0v) is 7.09. The van der Waals surface area contributed by atoms with Crippen LogP contribution in [0.15, 0.2) is 0 Å². The predicted octanol–water partition coefficient (Wildman–Crippen LogP) is -1.39. The molecule has 0 aliphatic heterocycles. The molecule has 12 heavy (non-hydrogen) atoms. The van der Waals surface area contributed by atoms with Gasteiger partial charge in [0, 0.05) is 13.5 Å². The van der Waals surface area contributed by atoms with Gasteiger partial charge in [0.1, 0.15) is 5.78 Å². The second-order valence-corrected chi connectivity index (χ2v) is 2.48. The quantitative estimate of drug-likeness (QED) is 0.511. The summed E-state index contributed by atoms with van der Waals surface area (Å²) in [6.07, 6.45) is 0. The van der Waals surface area contributed by atoms with Crippen LogP contribution in [0.4, 0.5) is 0 Å². The summed E-state index contributed by atoms with van der Waals surface area (Å²) in [5.41, 5.74) is 5.29. The molecule has 1 atom stereocenters. The number of hydrogen-bond acceptors (Lipinski definition) is 4. The third-order valence-corrected chi connectivity index (χ3v) is 1.32. The molecule has 5 heteroatoms. The van der Waals surface area contributed by atoms with Gasteiger partial charge in [-0.1, -0.05) is 0 Å². The molecular formula is C7H12N2O3. The van der Waals surface area contributed by atoms with E-state index in [4.69, 9.17) is 5.73 Å². The van der Waals surface area contributed by atoms with E-state index in [2.05, 4.69) is 5.32 Å². The fraction of sp³-hybridized carbons (Fsp3) is 0.571. The summed E-state index contributed by atoms with van der Waals surface area (Å²) < 4.78 is 0. The Morgan fingerprint density at radius 1 is 1.33 bits per heavy atom. The molecule has 0 aliphatic carbocycles. The van der Waals surface area contributed by atoms with Crippen LogP contribution < -0.4 is 11.1 Å². The number of nitrogens with two attached hydrogens (primary N) is 1. The van der Waals surface area contributed by atoms with Crippen molar-refractivity contribution in [3.63, 3.8) is 0 Å². The second kappa shape index (κ2) is 4.61. The van der Waals surface area contributed by atoms with Crippen LogP contribution in [0.1, 0.15) is 13.8 Å². The van der Waals surface area contributed by atoms with E-state index in [-0.39, 0.29) is 12.3 Å². The third-order valence-electron chi connectivity index (χ3n) is 1.32. The molecule has 0 bridgehead atoms. The first kappa shape index (κ1) is 10.8. The van der Waals surface area contributed by atoms with Gasteiger partial charge in [-0.2, -0.15) is 0 Å². The Balaban J connectivity index is 3.76. The standard InChI is InChI=1S/C7H12N2O3/c1-4(10)6(8)3-9-7(12)5(2)11/h6H,3,8H2,1-2H3,(H,9,12). The number of hydrogen-bond donors (Lipinski definition) is 2. The summed E-state index contributed by atoms with van der Waals surface area (Å²) in [4.78, 5) is 31.6. The summed E-state index contributed by atoms with van der Waals surface area (Å²) >= 11 is 0. The van der Waals surface area contributed by atoms with Gasteiger partial charge in [0.25, 0.3) is 5.91 Å². The Morgan fingerprint density at radius 3 is 2.17 bits per heavy atom. The molecular weight excluding hydrogens is 160 g/mol. The molecule has 68 valence electrons. The van der Waals surface area contributed by atoms with Crippen LogP contribution in [0, 0.1) is 0 Å². The van der Waals surface area contributed by atoms with E-state index in [0.29, 0.717) is 0 Å². The molecule has 5 nitrogen and oxygen atoms in total. The molecule has 0 radical (unpaired) electrons. The predicted molar refractivity (Wildman–Crippen MR) is 42.3 cm³/mol. The van der Waals surface area contributed by atoms with Crippen LogP contribution in [-0.2, 0) is 14.4 Å². The van der Waals surface area contributed by atoms with Gasteiger partial charge < -0.3 is 11.1 Å². The number of nitrogens with one attached hydrogen (secondary N) is 1. The van der Waals surface area contributed by atoms with Gasteiger partial charge in [0.05, 0.1) is 6.04 Å². The molecule has 0 spiro atoms. The number of rotatable bonds is 4. The van der Waals surface area contributed by atoms with E-state index in [1.807, 2.05) is 0 Å². The summed E-state index contributed by atoms with van der Waals surface area (Å²) in [6, 6.07) is -0.728. The minimum atomic E-state index is -0.728. The van der Waals surface area contributed by atoms with Crippen molar-refractivity contribution in [3.05, 3.63) is 0 Å². The minimum absolute atomic E-state index is 0.00769. The van der Waals surface area contributed by atoms with Crippen molar-refractivity contribution < 1.29 is 14.4 Å². The number of amides is 1. The topological polar surface area (TPSA) is 89.3 Å². The summed E-state index contributed by atoms with van der Waals surface area (Å²) in [5, 5.41) is 2.23. The first-order valence-electron chi connectivity index (χ1n) is 3.50. The molecule has 0 saturated carbocycles. The number of carbonyl (C=O) groups excluding carboxylic acids is 3. The SMILES string of the molecule is CC(=O)C(=O)NCC(N)C(C)=O. The van der Waals surface area contributed by atoms with Crippen molar-refractivity contribution in [2.75, 3.05) is 6.54 Å². The van der Waals surface area contributed by atoms with Crippen molar-refractivity contribution in [2.45, 2.75) is 19.9 Å². The van der Waals surface area contributed by atoms with Crippen molar-refractivity contribution >= 4 is 17.5 Å². The second-order valence-electron chi connectivity index (χ2n) is 2.48. The maximum atomic E-state index is 10.6. The fourth-order valence-corrected chi connectivity index (χ4v) is 0.471. The molecule has 0 rings (SSSR count). The smallest absolute Gasteiger partial charge is 0.287 e. The zero-order chi connectivity index (χ0) is 9.72. The monoisotopic (exact) mass is 172 g/mol. The van der Waals surface area contributed by atoms with Crippen molar-refractivity contribution in [1.29, 1.82) is 0 Å². The van der Waals surface area contributed by atoms with E-state index < -0.39 is 17.7 Å². The van der Waals surface area contributed by atoms with Crippen LogP contribution in [-0.4, -0.2) is 30.1 Å². The molecule has 1 unspecified atom stereocenters. The van der Waals surface area contributed by atoms with Gasteiger partial charge in [-0.15, -0.1) is 0 Å². The molecule has 1 amide bonds. The molecule has 0 aliphatic rings. The Labute approximate surface area is 70.3 Å². The fourth-order valence-electron chi connectivity index (χ4n) is 0.471. The van der Waals surface area contributed by atoms with Crippen LogP contribution in [0.2, 0.25) is 0 Å². The highest BCUT2D eigenvalue weighted by molar-refractivity contribution is 6.35. The van der Waals surface area contributed by atoms with Crippen molar-refractivity contribution in [3.8, 4) is 0 Å². The average molecular weight is 172 g/mol. The molecule has 0 aromatic heterocycles. The third kappa shape index (κ3) is 3.82. The highest BCUT2D eigenvalue weighted by Crippen LogP contribution is 1.78. The lowest BCUT2D eigenvalue weighted by molar-refractivity contribution is -0.136. The van der Waals surface area contributed by atoms with Crippen LogP contribution in [0.25, 0.3) is 0 Å². The molecule has 0 aromatic rings. The number of carbonyl (C=O) groups is 3. The van der Waals surface area contributed by atoms with E-state index >= 15 is 0 Å². The maximum absolute atomic E-state index is 10.6. The Bertz CT molecular complexity index is 213.